The van der Waals surface area contributed by atoms with Crippen LogP contribution in [0, 0.1) is 5.82 Å². The van der Waals surface area contributed by atoms with E-state index in [4.69, 9.17) is 9.47 Å². The lowest BCUT2D eigenvalue weighted by atomic mass is 10.1. The van der Waals surface area contributed by atoms with Crippen molar-refractivity contribution in [2.45, 2.75) is 19.5 Å². The molecule has 1 amide bonds. The van der Waals surface area contributed by atoms with Crippen LogP contribution in [0.15, 0.2) is 42.5 Å². The first-order valence-corrected chi connectivity index (χ1v) is 8.64. The Labute approximate surface area is 152 Å². The summed E-state index contributed by atoms with van der Waals surface area (Å²) in [4.78, 5) is 14.1. The van der Waals surface area contributed by atoms with Crippen molar-refractivity contribution in [1.82, 2.24) is 10.2 Å². The Morgan fingerprint density at radius 3 is 2.69 bits per heavy atom. The average Bonchev–Trinajstić information content (AvgIpc) is 2.63. The maximum atomic E-state index is 13.7. The molecule has 0 bridgehead atoms. The van der Waals surface area contributed by atoms with E-state index in [1.54, 1.807) is 30.1 Å². The molecule has 26 heavy (non-hydrogen) atoms. The van der Waals surface area contributed by atoms with Crippen LogP contribution in [-0.4, -0.2) is 37.6 Å². The largest absolute Gasteiger partial charge is 0.486 e. The van der Waals surface area contributed by atoms with Crippen LogP contribution >= 0.6 is 0 Å². The number of halogens is 1. The van der Waals surface area contributed by atoms with Gasteiger partial charge in [0.1, 0.15) is 19.0 Å². The molecule has 0 radical (unpaired) electrons. The molecule has 138 valence electrons. The molecule has 1 N–H and O–H groups in total. The highest BCUT2D eigenvalue weighted by Gasteiger charge is 2.16. The number of ether oxygens (including phenoxy) is 2. The molecule has 0 fully saturated rings. The maximum Gasteiger partial charge on any atom is 0.234 e. The van der Waals surface area contributed by atoms with Gasteiger partial charge in [0.2, 0.25) is 5.91 Å². The topological polar surface area (TPSA) is 50.8 Å². The highest BCUT2D eigenvalue weighted by atomic mass is 19.1. The zero-order chi connectivity index (χ0) is 18.5. The van der Waals surface area contributed by atoms with Gasteiger partial charge in [0, 0.05) is 12.1 Å². The SMILES string of the molecule is CC(NC(=O)CN(C)Cc1ccccc1F)c1ccc2c(c1)OCCO2. The van der Waals surface area contributed by atoms with Crippen LogP contribution in [0.4, 0.5) is 4.39 Å². The van der Waals surface area contributed by atoms with Gasteiger partial charge < -0.3 is 14.8 Å². The molecule has 1 heterocycles. The first kappa shape index (κ1) is 18.2. The predicted molar refractivity (Wildman–Crippen MR) is 96.7 cm³/mol. The van der Waals surface area contributed by atoms with Crippen LogP contribution in [0.5, 0.6) is 11.5 Å². The smallest absolute Gasteiger partial charge is 0.234 e. The highest BCUT2D eigenvalue weighted by molar-refractivity contribution is 5.78. The minimum atomic E-state index is -0.260. The molecule has 2 aromatic rings. The van der Waals surface area contributed by atoms with E-state index in [1.807, 2.05) is 25.1 Å². The number of carbonyl (C=O) groups excluding carboxylic acids is 1. The summed E-state index contributed by atoms with van der Waals surface area (Å²) in [6.45, 7) is 3.55. The average molecular weight is 358 g/mol. The zero-order valence-corrected chi connectivity index (χ0v) is 15.0. The van der Waals surface area contributed by atoms with E-state index in [0.717, 1.165) is 11.3 Å². The molecular formula is C20H23FN2O3. The van der Waals surface area contributed by atoms with Crippen molar-refractivity contribution in [2.24, 2.45) is 0 Å². The minimum Gasteiger partial charge on any atom is -0.486 e. The van der Waals surface area contributed by atoms with Crippen molar-refractivity contribution in [3.05, 3.63) is 59.4 Å². The standard InChI is InChI=1S/C20H23FN2O3/c1-14(15-7-8-18-19(11-15)26-10-9-25-18)22-20(24)13-23(2)12-16-5-3-4-6-17(16)21/h3-8,11,14H,9-10,12-13H2,1-2H3,(H,22,24). The van der Waals surface area contributed by atoms with Gasteiger partial charge in [0.05, 0.1) is 12.6 Å². The summed E-state index contributed by atoms with van der Waals surface area (Å²) < 4.78 is 24.8. The Kier molecular flexibility index (Phi) is 5.73. The van der Waals surface area contributed by atoms with Gasteiger partial charge in [0.15, 0.2) is 11.5 Å². The monoisotopic (exact) mass is 358 g/mol. The minimum absolute atomic E-state index is 0.119. The third kappa shape index (κ3) is 4.52. The fraction of sp³-hybridized carbons (Fsp3) is 0.350. The quantitative estimate of drug-likeness (QED) is 0.863. The molecule has 0 aliphatic carbocycles. The van der Waals surface area contributed by atoms with Crippen LogP contribution in [0.2, 0.25) is 0 Å². The maximum absolute atomic E-state index is 13.7. The van der Waals surface area contributed by atoms with E-state index in [2.05, 4.69) is 5.32 Å². The third-order valence-electron chi connectivity index (χ3n) is 4.26. The second kappa shape index (κ2) is 8.19. The molecule has 2 aromatic carbocycles. The van der Waals surface area contributed by atoms with Crippen LogP contribution in [-0.2, 0) is 11.3 Å². The summed E-state index contributed by atoms with van der Waals surface area (Å²) >= 11 is 0. The van der Waals surface area contributed by atoms with Crippen LogP contribution in [0.3, 0.4) is 0 Å². The lowest BCUT2D eigenvalue weighted by Gasteiger charge is -2.22. The molecule has 1 aliphatic heterocycles. The Bertz CT molecular complexity index is 781. The number of fused-ring (bicyclic) bond motifs is 1. The van der Waals surface area contributed by atoms with E-state index < -0.39 is 0 Å². The number of amides is 1. The third-order valence-corrected chi connectivity index (χ3v) is 4.26. The molecule has 0 saturated carbocycles. The molecule has 6 heteroatoms. The summed E-state index contributed by atoms with van der Waals surface area (Å²) in [6.07, 6.45) is 0. The van der Waals surface area contributed by atoms with E-state index in [9.17, 15) is 9.18 Å². The molecule has 0 saturated heterocycles. The first-order chi connectivity index (χ1) is 12.5. The summed E-state index contributed by atoms with van der Waals surface area (Å²) in [6, 6.07) is 12.1. The summed E-state index contributed by atoms with van der Waals surface area (Å²) in [5.41, 5.74) is 1.52. The summed E-state index contributed by atoms with van der Waals surface area (Å²) in [7, 11) is 1.79. The number of carbonyl (C=O) groups is 1. The number of likely N-dealkylation sites (N-methyl/N-ethyl adjacent to an activating group) is 1. The Morgan fingerprint density at radius 2 is 1.92 bits per heavy atom. The molecule has 3 rings (SSSR count). The van der Waals surface area contributed by atoms with Crippen molar-refractivity contribution in [1.29, 1.82) is 0 Å². The van der Waals surface area contributed by atoms with Gasteiger partial charge in [0.25, 0.3) is 0 Å². The Hall–Kier alpha value is -2.60. The number of rotatable bonds is 6. The van der Waals surface area contributed by atoms with Gasteiger partial charge in [-0.3, -0.25) is 9.69 Å². The van der Waals surface area contributed by atoms with Crippen LogP contribution in [0.25, 0.3) is 0 Å². The lowest BCUT2D eigenvalue weighted by Crippen LogP contribution is -2.36. The van der Waals surface area contributed by atoms with E-state index in [-0.39, 0.29) is 24.3 Å². The normalized spacial score (nSPS) is 14.2. The molecule has 5 nitrogen and oxygen atoms in total. The van der Waals surface area contributed by atoms with Crippen molar-refractivity contribution in [3.63, 3.8) is 0 Å². The van der Waals surface area contributed by atoms with Gasteiger partial charge in [-0.15, -0.1) is 0 Å². The van der Waals surface area contributed by atoms with E-state index in [0.29, 0.717) is 31.1 Å². The predicted octanol–water partition coefficient (Wildman–Crippen LogP) is 2.91. The summed E-state index contributed by atoms with van der Waals surface area (Å²) in [5, 5.41) is 2.96. The molecule has 1 unspecified atom stereocenters. The van der Waals surface area contributed by atoms with Gasteiger partial charge in [-0.05, 0) is 37.7 Å². The molecule has 1 atom stereocenters. The Morgan fingerprint density at radius 1 is 1.19 bits per heavy atom. The van der Waals surface area contributed by atoms with Crippen LogP contribution < -0.4 is 14.8 Å². The van der Waals surface area contributed by atoms with E-state index >= 15 is 0 Å². The Balaban J connectivity index is 1.55. The fourth-order valence-electron chi connectivity index (χ4n) is 2.92. The number of hydrogen-bond donors (Lipinski definition) is 1. The van der Waals surface area contributed by atoms with Crippen molar-refractivity contribution in [3.8, 4) is 11.5 Å². The van der Waals surface area contributed by atoms with Gasteiger partial charge in [-0.2, -0.15) is 0 Å². The first-order valence-electron chi connectivity index (χ1n) is 8.64. The second-order valence-corrected chi connectivity index (χ2v) is 6.46. The second-order valence-electron chi connectivity index (χ2n) is 6.46. The van der Waals surface area contributed by atoms with Gasteiger partial charge in [-0.25, -0.2) is 4.39 Å². The fourth-order valence-corrected chi connectivity index (χ4v) is 2.92. The summed E-state index contributed by atoms with van der Waals surface area (Å²) in [5.74, 6) is 1.05. The molecule has 0 aromatic heterocycles. The number of benzene rings is 2. The number of nitrogens with zero attached hydrogens (tertiary/aromatic N) is 1. The van der Waals surface area contributed by atoms with Crippen molar-refractivity contribution >= 4 is 5.91 Å². The molecule has 1 aliphatic rings. The highest BCUT2D eigenvalue weighted by Crippen LogP contribution is 2.32. The van der Waals surface area contributed by atoms with Crippen LogP contribution in [0.1, 0.15) is 24.1 Å². The van der Waals surface area contributed by atoms with Gasteiger partial charge in [-0.1, -0.05) is 24.3 Å². The van der Waals surface area contributed by atoms with Gasteiger partial charge >= 0.3 is 0 Å². The molecule has 0 spiro atoms. The lowest BCUT2D eigenvalue weighted by molar-refractivity contribution is -0.122. The van der Waals surface area contributed by atoms with E-state index in [1.165, 1.54) is 6.07 Å². The van der Waals surface area contributed by atoms with Crippen molar-refractivity contribution in [2.75, 3.05) is 26.8 Å². The zero-order valence-electron chi connectivity index (χ0n) is 15.0. The van der Waals surface area contributed by atoms with Crippen molar-refractivity contribution < 1.29 is 18.7 Å². The number of nitrogens with one attached hydrogen (secondary N) is 1. The molecular weight excluding hydrogens is 335 g/mol. The number of hydrogen-bond acceptors (Lipinski definition) is 4.